The molecule has 82 valence electrons. The second-order valence-electron chi connectivity index (χ2n) is 3.02. The molecule has 3 nitrogen and oxygen atoms in total. The van der Waals surface area contributed by atoms with Gasteiger partial charge in [-0.15, -0.1) is 0 Å². The lowest BCUT2D eigenvalue weighted by molar-refractivity contribution is 0.0967. The number of halogens is 2. The first-order valence-electron chi connectivity index (χ1n) is 4.38. The number of hydrogen-bond acceptors (Lipinski definition) is 2. The summed E-state index contributed by atoms with van der Waals surface area (Å²) in [6.45, 7) is 1.80. The molecule has 0 heterocycles. The van der Waals surface area contributed by atoms with Crippen LogP contribution in [0.2, 0.25) is 0 Å². The lowest BCUT2D eigenvalue weighted by atomic mass is 10.1. The van der Waals surface area contributed by atoms with Crippen molar-refractivity contribution in [2.45, 2.75) is 6.92 Å². The van der Waals surface area contributed by atoms with Gasteiger partial charge in [0.2, 0.25) is 0 Å². The Morgan fingerprint density at radius 3 is 2.50 bits per heavy atom. The van der Waals surface area contributed by atoms with Gasteiger partial charge in [0.15, 0.2) is 5.70 Å². The second-order valence-corrected chi connectivity index (χ2v) is 3.97. The Labute approximate surface area is 103 Å². The number of amides is 1. The molecule has 1 aromatic carbocycles. The number of nitrogens with one attached hydrogen (secondary N) is 1. The summed E-state index contributed by atoms with van der Waals surface area (Å²) in [6.07, 6.45) is 0. The molecule has 0 bridgehead atoms. The molecule has 1 aromatic rings. The number of benzene rings is 1. The molecule has 0 aliphatic rings. The van der Waals surface area contributed by atoms with Crippen molar-refractivity contribution in [1.29, 1.82) is 5.26 Å². The van der Waals surface area contributed by atoms with Crippen LogP contribution < -0.4 is 5.32 Å². The van der Waals surface area contributed by atoms with Gasteiger partial charge in [-0.05, 0) is 18.6 Å². The van der Waals surface area contributed by atoms with Gasteiger partial charge in [-0.3, -0.25) is 4.79 Å². The third kappa shape index (κ3) is 2.99. The molecule has 0 saturated carbocycles. The molecule has 0 spiro atoms. The molecule has 1 N–H and O–H groups in total. The molecular formula is C11H8Cl2N2O. The number of hydrogen-bond donors (Lipinski definition) is 1. The summed E-state index contributed by atoms with van der Waals surface area (Å²) >= 11 is 10.8. The maximum Gasteiger partial charge on any atom is 0.256 e. The van der Waals surface area contributed by atoms with Gasteiger partial charge >= 0.3 is 0 Å². The normalized spacial score (nSPS) is 9.12. The molecule has 0 radical (unpaired) electrons. The van der Waals surface area contributed by atoms with Gasteiger partial charge in [0, 0.05) is 5.56 Å². The Morgan fingerprint density at radius 2 is 2.00 bits per heavy atom. The molecule has 0 aromatic heterocycles. The fraction of sp³-hybridized carbons (Fsp3) is 0.0909. The van der Waals surface area contributed by atoms with Crippen molar-refractivity contribution >= 4 is 29.1 Å². The summed E-state index contributed by atoms with van der Waals surface area (Å²) in [6, 6.07) is 8.72. The van der Waals surface area contributed by atoms with E-state index in [1.807, 2.05) is 6.07 Å². The van der Waals surface area contributed by atoms with Crippen LogP contribution in [0.25, 0.3) is 0 Å². The van der Waals surface area contributed by atoms with Crippen LogP contribution in [-0.2, 0) is 0 Å². The highest BCUT2D eigenvalue weighted by Crippen LogP contribution is 2.13. The number of nitriles is 1. The van der Waals surface area contributed by atoms with Gasteiger partial charge in [0.25, 0.3) is 5.91 Å². The maximum absolute atomic E-state index is 11.7. The quantitative estimate of drug-likeness (QED) is 0.826. The van der Waals surface area contributed by atoms with E-state index in [9.17, 15) is 4.79 Å². The lowest BCUT2D eigenvalue weighted by Gasteiger charge is -2.05. The summed E-state index contributed by atoms with van der Waals surface area (Å²) < 4.78 is -0.260. The van der Waals surface area contributed by atoms with Crippen molar-refractivity contribution in [3.63, 3.8) is 0 Å². The van der Waals surface area contributed by atoms with Crippen molar-refractivity contribution in [2.24, 2.45) is 0 Å². The molecule has 0 unspecified atom stereocenters. The van der Waals surface area contributed by atoms with Crippen LogP contribution in [-0.4, -0.2) is 5.91 Å². The van der Waals surface area contributed by atoms with Crippen LogP contribution in [0.15, 0.2) is 34.5 Å². The molecule has 1 amide bonds. The van der Waals surface area contributed by atoms with E-state index in [0.717, 1.165) is 5.56 Å². The fourth-order valence-corrected chi connectivity index (χ4v) is 1.30. The Bertz CT molecular complexity index is 485. The number of aryl methyl sites for hydroxylation is 1. The predicted molar refractivity (Wildman–Crippen MR) is 63.0 cm³/mol. The Kier molecular flexibility index (Phi) is 4.36. The van der Waals surface area contributed by atoms with Crippen molar-refractivity contribution in [2.75, 3.05) is 0 Å². The number of nitrogens with zero attached hydrogens (tertiary/aromatic N) is 1. The minimum atomic E-state index is -0.409. The number of carbonyl (C=O) groups excluding carboxylic acids is 1. The van der Waals surface area contributed by atoms with Gasteiger partial charge in [0.05, 0.1) is 0 Å². The molecule has 0 aliphatic heterocycles. The van der Waals surface area contributed by atoms with E-state index in [-0.39, 0.29) is 10.2 Å². The summed E-state index contributed by atoms with van der Waals surface area (Å²) in [5, 5.41) is 11.0. The zero-order chi connectivity index (χ0) is 12.1. The van der Waals surface area contributed by atoms with Crippen LogP contribution in [0.5, 0.6) is 0 Å². The van der Waals surface area contributed by atoms with E-state index < -0.39 is 5.91 Å². The SMILES string of the molecule is Cc1ccccc1C(=O)NC(C#N)=C(Cl)Cl. The molecule has 16 heavy (non-hydrogen) atoms. The van der Waals surface area contributed by atoms with Gasteiger partial charge < -0.3 is 5.32 Å². The smallest absolute Gasteiger partial charge is 0.256 e. The Morgan fingerprint density at radius 1 is 1.38 bits per heavy atom. The molecule has 0 saturated heterocycles. The highest BCUT2D eigenvalue weighted by molar-refractivity contribution is 6.56. The molecule has 0 fully saturated rings. The molecule has 0 atom stereocenters. The summed E-state index contributed by atoms with van der Waals surface area (Å²) in [5.41, 5.74) is 1.13. The van der Waals surface area contributed by atoms with E-state index >= 15 is 0 Å². The van der Waals surface area contributed by atoms with E-state index in [4.69, 9.17) is 28.5 Å². The van der Waals surface area contributed by atoms with Crippen molar-refractivity contribution in [3.05, 3.63) is 45.6 Å². The first-order chi connectivity index (χ1) is 7.56. The number of carbonyl (C=O) groups is 1. The van der Waals surface area contributed by atoms with Crippen molar-refractivity contribution in [3.8, 4) is 6.07 Å². The first-order valence-corrected chi connectivity index (χ1v) is 5.14. The molecular weight excluding hydrogens is 247 g/mol. The summed E-state index contributed by atoms with van der Waals surface area (Å²) in [7, 11) is 0. The largest absolute Gasteiger partial charge is 0.311 e. The van der Waals surface area contributed by atoms with E-state index in [2.05, 4.69) is 5.32 Å². The second kappa shape index (κ2) is 5.55. The van der Waals surface area contributed by atoms with Crippen LogP contribution in [0.3, 0.4) is 0 Å². The first kappa shape index (κ1) is 12.6. The van der Waals surface area contributed by atoms with Crippen molar-refractivity contribution in [1.82, 2.24) is 5.32 Å². The highest BCUT2D eigenvalue weighted by Gasteiger charge is 2.11. The minimum Gasteiger partial charge on any atom is -0.311 e. The third-order valence-electron chi connectivity index (χ3n) is 1.93. The van der Waals surface area contributed by atoms with Gasteiger partial charge in [-0.1, -0.05) is 41.4 Å². The molecule has 1 rings (SSSR count). The molecule has 0 aliphatic carbocycles. The number of allylic oxidation sites excluding steroid dienone is 1. The topological polar surface area (TPSA) is 52.9 Å². The predicted octanol–water partition coefficient (Wildman–Crippen LogP) is 2.90. The monoisotopic (exact) mass is 254 g/mol. The minimum absolute atomic E-state index is 0.156. The van der Waals surface area contributed by atoms with E-state index in [1.54, 1.807) is 31.2 Å². The van der Waals surface area contributed by atoms with Crippen LogP contribution in [0.1, 0.15) is 15.9 Å². The van der Waals surface area contributed by atoms with Crippen LogP contribution in [0.4, 0.5) is 0 Å². The zero-order valence-electron chi connectivity index (χ0n) is 8.42. The van der Waals surface area contributed by atoms with Gasteiger partial charge in [0.1, 0.15) is 10.6 Å². The number of rotatable bonds is 2. The summed E-state index contributed by atoms with van der Waals surface area (Å²) in [4.78, 5) is 11.7. The van der Waals surface area contributed by atoms with Gasteiger partial charge in [-0.25, -0.2) is 0 Å². The van der Waals surface area contributed by atoms with Crippen LogP contribution >= 0.6 is 23.2 Å². The fourth-order valence-electron chi connectivity index (χ4n) is 1.13. The highest BCUT2D eigenvalue weighted by atomic mass is 35.5. The standard InChI is InChI=1S/C11H8Cl2N2O/c1-7-4-2-3-5-8(7)11(16)15-9(6-14)10(12)13/h2-5H,1H3,(H,15,16). The molecule has 5 heteroatoms. The third-order valence-corrected chi connectivity index (χ3v) is 2.31. The Hall–Kier alpha value is -1.50. The van der Waals surface area contributed by atoms with E-state index in [1.165, 1.54) is 0 Å². The zero-order valence-corrected chi connectivity index (χ0v) is 9.93. The Balaban J connectivity index is 2.95. The maximum atomic E-state index is 11.7. The average molecular weight is 255 g/mol. The van der Waals surface area contributed by atoms with Crippen molar-refractivity contribution < 1.29 is 4.79 Å². The van der Waals surface area contributed by atoms with E-state index in [0.29, 0.717) is 5.56 Å². The summed E-state index contributed by atoms with van der Waals surface area (Å²) in [5.74, 6) is -0.409. The van der Waals surface area contributed by atoms with Crippen LogP contribution in [0, 0.1) is 18.3 Å². The lowest BCUT2D eigenvalue weighted by Crippen LogP contribution is -2.23. The van der Waals surface area contributed by atoms with Gasteiger partial charge in [-0.2, -0.15) is 5.26 Å². The average Bonchev–Trinajstić information content (AvgIpc) is 2.25.